The predicted molar refractivity (Wildman–Crippen MR) is 107 cm³/mol. The van der Waals surface area contributed by atoms with Gasteiger partial charge in [0.1, 0.15) is 0 Å². The van der Waals surface area contributed by atoms with Crippen molar-refractivity contribution in [1.29, 1.82) is 0 Å². The van der Waals surface area contributed by atoms with Crippen LogP contribution in [0.5, 0.6) is 0 Å². The highest BCUT2D eigenvalue weighted by Crippen LogP contribution is 2.28. The predicted octanol–water partition coefficient (Wildman–Crippen LogP) is 2.78. The van der Waals surface area contributed by atoms with Crippen LogP contribution < -0.4 is 5.32 Å². The second kappa shape index (κ2) is 8.08. The van der Waals surface area contributed by atoms with Gasteiger partial charge in [0.15, 0.2) is 5.84 Å². The molecule has 3 rings (SSSR count). The summed E-state index contributed by atoms with van der Waals surface area (Å²) < 4.78 is 27.7. The molecule has 0 fully saturated rings. The van der Waals surface area contributed by atoms with Crippen LogP contribution in [-0.2, 0) is 14.8 Å². The molecule has 2 aliphatic rings. The Morgan fingerprint density at radius 1 is 1.22 bits per heavy atom. The standard InChI is InChI=1S/C20H25N3O3S/c1-3-15(4-2)18(16-9-6-5-7-10-16)21-20(24)17-11-8-12-23-13-14-27(25,26)22-19(17)23/h5-12,15,18H,3-4,13-14H2,1-2H3,(H,21,24). The molecular formula is C20H25N3O3S. The molecule has 7 heteroatoms. The van der Waals surface area contributed by atoms with E-state index in [1.165, 1.54) is 0 Å². The van der Waals surface area contributed by atoms with Crippen LogP contribution in [0.15, 0.2) is 58.7 Å². The van der Waals surface area contributed by atoms with Crippen LogP contribution >= 0.6 is 0 Å². The van der Waals surface area contributed by atoms with Crippen LogP contribution in [0.25, 0.3) is 0 Å². The van der Waals surface area contributed by atoms with Crippen molar-refractivity contribution in [3.05, 3.63) is 59.8 Å². The van der Waals surface area contributed by atoms with Crippen molar-refractivity contribution >= 4 is 21.8 Å². The summed E-state index contributed by atoms with van der Waals surface area (Å²) in [5.74, 6) is 0.138. The van der Waals surface area contributed by atoms with Crippen molar-refractivity contribution in [2.24, 2.45) is 10.3 Å². The number of carbonyl (C=O) groups excluding carboxylic acids is 1. The van der Waals surface area contributed by atoms with Gasteiger partial charge in [0.05, 0.1) is 17.4 Å². The van der Waals surface area contributed by atoms with Gasteiger partial charge in [0, 0.05) is 12.7 Å². The molecule has 0 saturated heterocycles. The van der Waals surface area contributed by atoms with E-state index in [0.717, 1.165) is 18.4 Å². The number of benzene rings is 1. The van der Waals surface area contributed by atoms with Gasteiger partial charge in [-0.1, -0.05) is 57.0 Å². The SMILES string of the molecule is CCC(CC)C(NC(=O)C1=CC=CN2CCS(=O)(=O)N=C12)c1ccccc1. The third-order valence-electron chi connectivity index (χ3n) is 5.07. The molecule has 0 aromatic heterocycles. The van der Waals surface area contributed by atoms with Crippen molar-refractivity contribution in [2.75, 3.05) is 12.3 Å². The molecule has 1 amide bonds. The van der Waals surface area contributed by atoms with Gasteiger partial charge in [0.2, 0.25) is 0 Å². The monoisotopic (exact) mass is 387 g/mol. The van der Waals surface area contributed by atoms with E-state index in [2.05, 4.69) is 23.6 Å². The topological polar surface area (TPSA) is 78.8 Å². The zero-order valence-electron chi connectivity index (χ0n) is 15.6. The number of allylic oxidation sites excluding steroid dienone is 2. The molecule has 0 bridgehead atoms. The van der Waals surface area contributed by atoms with Gasteiger partial charge in [-0.3, -0.25) is 4.79 Å². The number of hydrogen-bond acceptors (Lipinski definition) is 4. The molecule has 27 heavy (non-hydrogen) atoms. The largest absolute Gasteiger partial charge is 0.345 e. The molecule has 2 heterocycles. The molecule has 1 aromatic rings. The molecule has 1 atom stereocenters. The molecule has 1 aromatic carbocycles. The highest BCUT2D eigenvalue weighted by Gasteiger charge is 2.32. The Bertz CT molecular complexity index is 884. The third-order valence-corrected chi connectivity index (χ3v) is 6.22. The van der Waals surface area contributed by atoms with E-state index < -0.39 is 10.0 Å². The fourth-order valence-corrected chi connectivity index (χ4v) is 4.49. The normalized spacial score (nSPS) is 19.1. The summed E-state index contributed by atoms with van der Waals surface area (Å²) in [6.45, 7) is 4.52. The summed E-state index contributed by atoms with van der Waals surface area (Å²) in [5.41, 5.74) is 1.33. The average molecular weight is 388 g/mol. The molecule has 1 N–H and O–H groups in total. The van der Waals surface area contributed by atoms with Crippen molar-refractivity contribution in [2.45, 2.75) is 32.7 Å². The van der Waals surface area contributed by atoms with Crippen LogP contribution in [0.1, 0.15) is 38.3 Å². The number of hydrogen-bond donors (Lipinski definition) is 1. The Morgan fingerprint density at radius 3 is 2.59 bits per heavy atom. The first-order valence-electron chi connectivity index (χ1n) is 9.29. The number of fused-ring (bicyclic) bond motifs is 1. The number of nitrogens with one attached hydrogen (secondary N) is 1. The molecule has 0 aliphatic carbocycles. The lowest BCUT2D eigenvalue weighted by Crippen LogP contribution is -2.43. The lowest BCUT2D eigenvalue weighted by Gasteiger charge is -2.31. The fraction of sp³-hybridized carbons (Fsp3) is 0.400. The summed E-state index contributed by atoms with van der Waals surface area (Å²) in [7, 11) is -3.53. The first-order valence-corrected chi connectivity index (χ1v) is 10.9. The lowest BCUT2D eigenvalue weighted by molar-refractivity contribution is -0.118. The highest BCUT2D eigenvalue weighted by atomic mass is 32.2. The number of nitrogens with zero attached hydrogens (tertiary/aromatic N) is 2. The molecule has 0 saturated carbocycles. The van der Waals surface area contributed by atoms with Crippen LogP contribution in [0, 0.1) is 5.92 Å². The summed E-state index contributed by atoms with van der Waals surface area (Å²) in [6, 6.07) is 9.73. The molecular weight excluding hydrogens is 362 g/mol. The van der Waals surface area contributed by atoms with Gasteiger partial charge in [-0.05, 0) is 23.6 Å². The average Bonchev–Trinajstić information content (AvgIpc) is 2.67. The Hall–Kier alpha value is -2.41. The zero-order valence-corrected chi connectivity index (χ0v) is 16.4. The maximum Gasteiger partial charge on any atom is 0.256 e. The minimum Gasteiger partial charge on any atom is -0.345 e. The van der Waals surface area contributed by atoms with Gasteiger partial charge in [-0.15, -0.1) is 4.40 Å². The molecule has 144 valence electrons. The molecule has 0 spiro atoms. The highest BCUT2D eigenvalue weighted by molar-refractivity contribution is 7.90. The number of amidine groups is 1. The van der Waals surface area contributed by atoms with Crippen LogP contribution in [0.4, 0.5) is 0 Å². The van der Waals surface area contributed by atoms with Crippen LogP contribution in [0.2, 0.25) is 0 Å². The number of rotatable bonds is 6. The van der Waals surface area contributed by atoms with Gasteiger partial charge < -0.3 is 10.2 Å². The van der Waals surface area contributed by atoms with E-state index in [-0.39, 0.29) is 35.0 Å². The second-order valence-corrected chi connectivity index (χ2v) is 8.51. The van der Waals surface area contributed by atoms with Crippen molar-refractivity contribution in [3.63, 3.8) is 0 Å². The third kappa shape index (κ3) is 4.30. The zero-order chi connectivity index (χ0) is 19.4. The summed E-state index contributed by atoms with van der Waals surface area (Å²) in [6.07, 6.45) is 6.98. The van der Waals surface area contributed by atoms with E-state index in [9.17, 15) is 13.2 Å². The minimum atomic E-state index is -3.53. The maximum atomic E-state index is 13.1. The number of carbonyl (C=O) groups is 1. The molecule has 6 nitrogen and oxygen atoms in total. The van der Waals surface area contributed by atoms with E-state index in [0.29, 0.717) is 6.54 Å². The first kappa shape index (κ1) is 19.4. The molecule has 0 radical (unpaired) electrons. The van der Waals surface area contributed by atoms with Crippen molar-refractivity contribution in [3.8, 4) is 0 Å². The number of sulfonamides is 1. The molecule has 2 aliphatic heterocycles. The Morgan fingerprint density at radius 2 is 1.93 bits per heavy atom. The Balaban J connectivity index is 1.90. The van der Waals surface area contributed by atoms with E-state index in [1.54, 1.807) is 23.3 Å². The lowest BCUT2D eigenvalue weighted by atomic mass is 9.88. The van der Waals surface area contributed by atoms with Gasteiger partial charge in [0.25, 0.3) is 15.9 Å². The Labute approximate surface area is 160 Å². The van der Waals surface area contributed by atoms with Gasteiger partial charge in [-0.25, -0.2) is 8.42 Å². The number of amides is 1. The summed E-state index contributed by atoms with van der Waals surface area (Å²) in [4.78, 5) is 14.8. The Kier molecular flexibility index (Phi) is 5.79. The van der Waals surface area contributed by atoms with Crippen LogP contribution in [0.3, 0.4) is 0 Å². The van der Waals surface area contributed by atoms with E-state index in [4.69, 9.17) is 0 Å². The molecule has 1 unspecified atom stereocenters. The van der Waals surface area contributed by atoms with E-state index in [1.807, 2.05) is 30.3 Å². The van der Waals surface area contributed by atoms with Crippen LogP contribution in [-0.4, -0.2) is 37.4 Å². The second-order valence-electron chi connectivity index (χ2n) is 6.75. The fourth-order valence-electron chi connectivity index (χ4n) is 3.51. The summed E-state index contributed by atoms with van der Waals surface area (Å²) >= 11 is 0. The quantitative estimate of drug-likeness (QED) is 0.814. The van der Waals surface area contributed by atoms with Crippen molar-refractivity contribution in [1.82, 2.24) is 10.2 Å². The smallest absolute Gasteiger partial charge is 0.256 e. The van der Waals surface area contributed by atoms with Gasteiger partial charge >= 0.3 is 0 Å². The van der Waals surface area contributed by atoms with E-state index >= 15 is 0 Å². The minimum absolute atomic E-state index is 0.0455. The van der Waals surface area contributed by atoms with Crippen molar-refractivity contribution < 1.29 is 13.2 Å². The first-order chi connectivity index (χ1) is 12.9. The maximum absolute atomic E-state index is 13.1. The summed E-state index contributed by atoms with van der Waals surface area (Å²) in [5, 5.41) is 3.12. The van der Waals surface area contributed by atoms with Gasteiger partial charge in [-0.2, -0.15) is 0 Å².